The molecule has 15 heavy (non-hydrogen) atoms. The summed E-state index contributed by atoms with van der Waals surface area (Å²) in [6.45, 7) is 3.57. The lowest BCUT2D eigenvalue weighted by molar-refractivity contribution is 0.194. The van der Waals surface area contributed by atoms with Crippen molar-refractivity contribution in [1.29, 1.82) is 0 Å². The molecule has 0 radical (unpaired) electrons. The molecule has 2 bridgehead atoms. The molecule has 2 atom stereocenters. The van der Waals surface area contributed by atoms with Crippen LogP contribution in [0.1, 0.15) is 24.8 Å². The minimum Gasteiger partial charge on any atom is -0.315 e. The van der Waals surface area contributed by atoms with E-state index in [2.05, 4.69) is 27.0 Å². The summed E-state index contributed by atoms with van der Waals surface area (Å²) >= 11 is 1.81. The first-order chi connectivity index (χ1) is 7.43. The molecular weight excluding hydrogens is 204 g/mol. The summed E-state index contributed by atoms with van der Waals surface area (Å²) in [4.78, 5) is 2.72. The Kier molecular flexibility index (Phi) is 2.77. The van der Waals surface area contributed by atoms with E-state index in [9.17, 15) is 0 Å². The van der Waals surface area contributed by atoms with Gasteiger partial charge >= 0.3 is 0 Å². The largest absolute Gasteiger partial charge is 0.315 e. The second-order valence-corrected chi connectivity index (χ2v) is 5.46. The predicted molar refractivity (Wildman–Crippen MR) is 64.2 cm³/mol. The fourth-order valence-corrected chi connectivity index (χ4v) is 3.59. The smallest absolute Gasteiger partial charge is 0.0248 e. The van der Waals surface area contributed by atoms with Crippen LogP contribution < -0.4 is 5.32 Å². The third-order valence-electron chi connectivity index (χ3n) is 3.75. The van der Waals surface area contributed by atoms with Crippen LogP contribution in [0.5, 0.6) is 0 Å². The average molecular weight is 222 g/mol. The van der Waals surface area contributed by atoms with Gasteiger partial charge in [0.05, 0.1) is 0 Å². The van der Waals surface area contributed by atoms with Gasteiger partial charge in [-0.1, -0.05) is 0 Å². The van der Waals surface area contributed by atoms with Crippen molar-refractivity contribution in [3.63, 3.8) is 0 Å². The number of nitrogens with zero attached hydrogens (tertiary/aromatic N) is 1. The van der Waals surface area contributed by atoms with Crippen LogP contribution in [0.15, 0.2) is 16.8 Å². The highest BCUT2D eigenvalue weighted by atomic mass is 32.1. The SMILES string of the molecule is c1cc(CN2C3CCNCC2CC3)cs1. The highest BCUT2D eigenvalue weighted by molar-refractivity contribution is 7.07. The standard InChI is InChI=1S/C12H18N2S/c1-2-12-7-13-5-3-11(1)14(12)8-10-4-6-15-9-10/h4,6,9,11-13H,1-3,5,7-8H2. The summed E-state index contributed by atoms with van der Waals surface area (Å²) in [5.74, 6) is 0. The van der Waals surface area contributed by atoms with E-state index in [1.165, 1.54) is 44.5 Å². The number of thiophene rings is 1. The summed E-state index contributed by atoms with van der Waals surface area (Å²) in [5, 5.41) is 8.03. The Labute approximate surface area is 95.3 Å². The van der Waals surface area contributed by atoms with E-state index >= 15 is 0 Å². The molecule has 3 heteroatoms. The normalized spacial score (nSPS) is 31.7. The zero-order chi connectivity index (χ0) is 10.1. The van der Waals surface area contributed by atoms with E-state index < -0.39 is 0 Å². The van der Waals surface area contributed by atoms with Crippen molar-refractivity contribution in [2.75, 3.05) is 13.1 Å². The Morgan fingerprint density at radius 3 is 3.13 bits per heavy atom. The Morgan fingerprint density at radius 2 is 2.27 bits per heavy atom. The third-order valence-corrected chi connectivity index (χ3v) is 4.48. The van der Waals surface area contributed by atoms with Crippen molar-refractivity contribution in [2.45, 2.75) is 37.9 Å². The van der Waals surface area contributed by atoms with Crippen LogP contribution >= 0.6 is 11.3 Å². The van der Waals surface area contributed by atoms with Gasteiger partial charge in [0.15, 0.2) is 0 Å². The van der Waals surface area contributed by atoms with Gasteiger partial charge in [-0.15, -0.1) is 0 Å². The van der Waals surface area contributed by atoms with Crippen molar-refractivity contribution < 1.29 is 0 Å². The minimum absolute atomic E-state index is 0.789. The molecule has 0 aromatic carbocycles. The highest BCUT2D eigenvalue weighted by Crippen LogP contribution is 2.29. The fraction of sp³-hybridized carbons (Fsp3) is 0.667. The van der Waals surface area contributed by atoms with Crippen LogP contribution in [0.4, 0.5) is 0 Å². The molecule has 2 aliphatic heterocycles. The first-order valence-electron chi connectivity index (χ1n) is 5.91. The van der Waals surface area contributed by atoms with Crippen molar-refractivity contribution in [1.82, 2.24) is 10.2 Å². The van der Waals surface area contributed by atoms with Crippen LogP contribution in [-0.2, 0) is 6.54 Å². The second-order valence-electron chi connectivity index (χ2n) is 4.68. The van der Waals surface area contributed by atoms with Gasteiger partial charge in [-0.2, -0.15) is 11.3 Å². The molecule has 2 nitrogen and oxygen atoms in total. The van der Waals surface area contributed by atoms with E-state index in [0.717, 1.165) is 12.1 Å². The van der Waals surface area contributed by atoms with Crippen LogP contribution in [0.2, 0.25) is 0 Å². The molecule has 1 N–H and O–H groups in total. The first kappa shape index (κ1) is 9.82. The van der Waals surface area contributed by atoms with Crippen LogP contribution in [-0.4, -0.2) is 30.1 Å². The maximum absolute atomic E-state index is 3.55. The molecule has 1 aromatic rings. The van der Waals surface area contributed by atoms with E-state index in [1.54, 1.807) is 0 Å². The summed E-state index contributed by atoms with van der Waals surface area (Å²) in [5.41, 5.74) is 1.50. The lowest BCUT2D eigenvalue weighted by Crippen LogP contribution is -2.37. The highest BCUT2D eigenvalue weighted by Gasteiger charge is 2.34. The van der Waals surface area contributed by atoms with E-state index in [4.69, 9.17) is 0 Å². The summed E-state index contributed by atoms with van der Waals surface area (Å²) in [6, 6.07) is 3.89. The number of hydrogen-bond donors (Lipinski definition) is 1. The second kappa shape index (κ2) is 4.24. The third kappa shape index (κ3) is 1.96. The quantitative estimate of drug-likeness (QED) is 0.824. The van der Waals surface area contributed by atoms with Gasteiger partial charge in [-0.05, 0) is 48.2 Å². The maximum Gasteiger partial charge on any atom is 0.0248 e. The molecule has 0 saturated carbocycles. The first-order valence-corrected chi connectivity index (χ1v) is 6.85. The van der Waals surface area contributed by atoms with Gasteiger partial charge in [0.25, 0.3) is 0 Å². The molecule has 0 aliphatic carbocycles. The molecule has 2 fully saturated rings. The van der Waals surface area contributed by atoms with E-state index in [1.807, 2.05) is 11.3 Å². The van der Waals surface area contributed by atoms with Gasteiger partial charge in [0, 0.05) is 25.2 Å². The lowest BCUT2D eigenvalue weighted by atomic mass is 10.1. The van der Waals surface area contributed by atoms with Gasteiger partial charge in [-0.3, -0.25) is 4.90 Å². The van der Waals surface area contributed by atoms with Crippen molar-refractivity contribution in [3.8, 4) is 0 Å². The summed E-state index contributed by atoms with van der Waals surface area (Å²) < 4.78 is 0. The molecule has 3 heterocycles. The van der Waals surface area contributed by atoms with Crippen LogP contribution in [0, 0.1) is 0 Å². The molecule has 2 saturated heterocycles. The molecular formula is C12H18N2S. The van der Waals surface area contributed by atoms with Crippen molar-refractivity contribution in [3.05, 3.63) is 22.4 Å². The molecule has 2 aliphatic rings. The van der Waals surface area contributed by atoms with Gasteiger partial charge < -0.3 is 5.32 Å². The number of rotatable bonds is 2. The Hall–Kier alpha value is -0.380. The number of hydrogen-bond acceptors (Lipinski definition) is 3. The number of fused-ring (bicyclic) bond motifs is 2. The summed E-state index contributed by atoms with van der Waals surface area (Å²) in [7, 11) is 0. The maximum atomic E-state index is 3.55. The zero-order valence-electron chi connectivity index (χ0n) is 8.98. The molecule has 1 aromatic heterocycles. The molecule has 0 amide bonds. The van der Waals surface area contributed by atoms with E-state index in [-0.39, 0.29) is 0 Å². The van der Waals surface area contributed by atoms with Crippen molar-refractivity contribution in [2.24, 2.45) is 0 Å². The zero-order valence-corrected chi connectivity index (χ0v) is 9.80. The van der Waals surface area contributed by atoms with E-state index in [0.29, 0.717) is 0 Å². The monoisotopic (exact) mass is 222 g/mol. The number of nitrogens with one attached hydrogen (secondary N) is 1. The molecule has 3 rings (SSSR count). The average Bonchev–Trinajstić information content (AvgIpc) is 2.76. The Bertz CT molecular complexity index is 295. The Morgan fingerprint density at radius 1 is 1.33 bits per heavy atom. The van der Waals surface area contributed by atoms with Crippen LogP contribution in [0.3, 0.4) is 0 Å². The summed E-state index contributed by atoms with van der Waals surface area (Å²) in [6.07, 6.45) is 4.14. The fourth-order valence-electron chi connectivity index (χ4n) is 2.93. The molecule has 0 spiro atoms. The minimum atomic E-state index is 0.789. The van der Waals surface area contributed by atoms with Gasteiger partial charge in [0.2, 0.25) is 0 Å². The predicted octanol–water partition coefficient (Wildman–Crippen LogP) is 2.07. The van der Waals surface area contributed by atoms with Gasteiger partial charge in [-0.25, -0.2) is 0 Å². The topological polar surface area (TPSA) is 15.3 Å². The molecule has 2 unspecified atom stereocenters. The van der Waals surface area contributed by atoms with Gasteiger partial charge in [0.1, 0.15) is 0 Å². The Balaban J connectivity index is 1.74. The molecule has 82 valence electrons. The lowest BCUT2D eigenvalue weighted by Gasteiger charge is -2.27. The van der Waals surface area contributed by atoms with Crippen molar-refractivity contribution >= 4 is 11.3 Å². The van der Waals surface area contributed by atoms with Crippen LogP contribution in [0.25, 0.3) is 0 Å².